The van der Waals surface area contributed by atoms with E-state index in [2.05, 4.69) is 5.32 Å². The number of rotatable bonds is 5. The highest BCUT2D eigenvalue weighted by atomic mass is 32.2. The highest BCUT2D eigenvalue weighted by molar-refractivity contribution is 7.90. The average Bonchev–Trinajstić information content (AvgIpc) is 2.24. The summed E-state index contributed by atoms with van der Waals surface area (Å²) in [5.74, 6) is 0.947. The fourth-order valence-electron chi connectivity index (χ4n) is 2.16. The summed E-state index contributed by atoms with van der Waals surface area (Å²) in [5, 5.41) is 3.05. The van der Waals surface area contributed by atoms with Crippen LogP contribution in [0, 0.1) is 13.8 Å². The van der Waals surface area contributed by atoms with E-state index in [9.17, 15) is 8.42 Å². The summed E-state index contributed by atoms with van der Waals surface area (Å²) in [6.45, 7) is 3.92. The van der Waals surface area contributed by atoms with Gasteiger partial charge in [0.15, 0.2) is 0 Å². The van der Waals surface area contributed by atoms with E-state index < -0.39 is 9.84 Å². The Hall–Kier alpha value is -1.07. The van der Waals surface area contributed by atoms with E-state index in [0.29, 0.717) is 0 Å². The van der Waals surface area contributed by atoms with E-state index >= 15 is 0 Å². The summed E-state index contributed by atoms with van der Waals surface area (Å²) in [4.78, 5) is 0. The lowest BCUT2D eigenvalue weighted by atomic mass is 10.0. The summed E-state index contributed by atoms with van der Waals surface area (Å²) in [6.07, 6.45) is 1.25. The number of hydrogen-bond acceptors (Lipinski definition) is 4. The molecule has 0 spiro atoms. The van der Waals surface area contributed by atoms with Crippen molar-refractivity contribution in [2.45, 2.75) is 19.9 Å². The predicted molar refractivity (Wildman–Crippen MR) is 74.0 cm³/mol. The number of hydrogen-bond donors (Lipinski definition) is 1. The molecule has 0 aliphatic carbocycles. The van der Waals surface area contributed by atoms with Gasteiger partial charge in [0.25, 0.3) is 0 Å². The Morgan fingerprint density at radius 2 is 1.78 bits per heavy atom. The molecule has 1 aromatic rings. The van der Waals surface area contributed by atoms with Gasteiger partial charge in [0, 0.05) is 12.3 Å². The second-order valence-corrected chi connectivity index (χ2v) is 6.81. The molecule has 0 amide bonds. The molecule has 1 rings (SSSR count). The molecular weight excluding hydrogens is 250 g/mol. The molecule has 1 unspecified atom stereocenters. The Morgan fingerprint density at radius 1 is 1.28 bits per heavy atom. The molecule has 0 radical (unpaired) electrons. The molecule has 4 nitrogen and oxygen atoms in total. The van der Waals surface area contributed by atoms with E-state index in [1.54, 1.807) is 14.2 Å². The number of methoxy groups -OCH3 is 1. The first-order valence-corrected chi connectivity index (χ1v) is 7.84. The van der Waals surface area contributed by atoms with Gasteiger partial charge in [-0.05, 0) is 37.6 Å². The van der Waals surface area contributed by atoms with Crippen molar-refractivity contribution in [1.29, 1.82) is 0 Å². The highest BCUT2D eigenvalue weighted by Gasteiger charge is 2.17. The van der Waals surface area contributed by atoms with Gasteiger partial charge in [0.2, 0.25) is 0 Å². The lowest BCUT2D eigenvalue weighted by molar-refractivity contribution is 0.408. The largest absolute Gasteiger partial charge is 0.496 e. The molecule has 0 saturated carbocycles. The van der Waals surface area contributed by atoms with Gasteiger partial charge in [-0.2, -0.15) is 0 Å². The van der Waals surface area contributed by atoms with Gasteiger partial charge >= 0.3 is 0 Å². The molecule has 0 saturated heterocycles. The fourth-order valence-corrected chi connectivity index (χ4v) is 3.12. The van der Waals surface area contributed by atoms with Gasteiger partial charge in [-0.3, -0.25) is 0 Å². The van der Waals surface area contributed by atoms with Gasteiger partial charge in [-0.15, -0.1) is 0 Å². The minimum absolute atomic E-state index is 0.0920. The smallest absolute Gasteiger partial charge is 0.149 e. The van der Waals surface area contributed by atoms with Crippen molar-refractivity contribution < 1.29 is 13.2 Å². The topological polar surface area (TPSA) is 55.4 Å². The third kappa shape index (κ3) is 3.71. The number of sulfone groups is 1. The maximum absolute atomic E-state index is 11.4. The van der Waals surface area contributed by atoms with Crippen LogP contribution >= 0.6 is 0 Å². The van der Waals surface area contributed by atoms with E-state index in [-0.39, 0.29) is 11.8 Å². The van der Waals surface area contributed by atoms with Gasteiger partial charge in [0.1, 0.15) is 15.6 Å². The molecule has 5 heteroatoms. The minimum Gasteiger partial charge on any atom is -0.496 e. The zero-order valence-electron chi connectivity index (χ0n) is 11.6. The zero-order chi connectivity index (χ0) is 13.9. The molecular formula is C13H21NO3S. The summed E-state index contributed by atoms with van der Waals surface area (Å²) in [6, 6.07) is 3.75. The SMILES string of the molecule is CNC(CS(C)(=O)=O)c1cc(C)c(OC)c(C)c1. The molecule has 1 aromatic carbocycles. The molecule has 18 heavy (non-hydrogen) atoms. The van der Waals surface area contributed by atoms with Crippen molar-refractivity contribution in [2.75, 3.05) is 26.2 Å². The Morgan fingerprint density at radius 3 is 2.11 bits per heavy atom. The van der Waals surface area contributed by atoms with Gasteiger partial charge in [0.05, 0.1) is 12.9 Å². The van der Waals surface area contributed by atoms with Crippen LogP contribution in [-0.4, -0.2) is 34.6 Å². The first-order chi connectivity index (χ1) is 8.28. The van der Waals surface area contributed by atoms with E-state index in [1.807, 2.05) is 26.0 Å². The maximum atomic E-state index is 11.4. The minimum atomic E-state index is -3.02. The summed E-state index contributed by atoms with van der Waals surface area (Å²) in [5.41, 5.74) is 3.00. The molecule has 0 fully saturated rings. The van der Waals surface area contributed by atoms with E-state index in [1.165, 1.54) is 6.26 Å². The van der Waals surface area contributed by atoms with Crippen molar-refractivity contribution in [1.82, 2.24) is 5.32 Å². The third-order valence-electron chi connectivity index (χ3n) is 2.91. The monoisotopic (exact) mass is 271 g/mol. The Labute approximate surface area is 109 Å². The summed E-state index contributed by atoms with van der Waals surface area (Å²) >= 11 is 0. The molecule has 1 atom stereocenters. The molecule has 0 heterocycles. The van der Waals surface area contributed by atoms with Crippen LogP contribution in [0.15, 0.2) is 12.1 Å². The van der Waals surface area contributed by atoms with Crippen LogP contribution in [0.25, 0.3) is 0 Å². The van der Waals surface area contributed by atoms with Crippen LogP contribution in [0.1, 0.15) is 22.7 Å². The molecule has 0 aliphatic rings. The van der Waals surface area contributed by atoms with Crippen molar-refractivity contribution in [3.05, 3.63) is 28.8 Å². The van der Waals surface area contributed by atoms with Crippen molar-refractivity contribution >= 4 is 9.84 Å². The lowest BCUT2D eigenvalue weighted by Gasteiger charge is -2.18. The van der Waals surface area contributed by atoms with Crippen molar-refractivity contribution in [2.24, 2.45) is 0 Å². The summed E-state index contributed by atoms with van der Waals surface area (Å²) < 4.78 is 28.1. The molecule has 1 N–H and O–H groups in total. The van der Waals surface area contributed by atoms with Gasteiger partial charge in [-0.1, -0.05) is 12.1 Å². The lowest BCUT2D eigenvalue weighted by Crippen LogP contribution is -2.24. The standard InChI is InChI=1S/C13H21NO3S/c1-9-6-11(7-10(2)13(9)17-4)12(14-3)8-18(5,15)16/h6-7,12,14H,8H2,1-5H3. The predicted octanol–water partition coefficient (Wildman–Crippen LogP) is 1.62. The van der Waals surface area contributed by atoms with Gasteiger partial charge in [-0.25, -0.2) is 8.42 Å². The maximum Gasteiger partial charge on any atom is 0.149 e. The van der Waals surface area contributed by atoms with Crippen LogP contribution in [0.4, 0.5) is 0 Å². The Bertz CT molecular complexity index is 500. The van der Waals surface area contributed by atoms with Crippen LogP contribution in [0.3, 0.4) is 0 Å². The molecule has 0 bridgehead atoms. The second kappa shape index (κ2) is 5.71. The van der Waals surface area contributed by atoms with Crippen LogP contribution in [-0.2, 0) is 9.84 Å². The quantitative estimate of drug-likeness (QED) is 0.884. The molecule has 102 valence electrons. The van der Waals surface area contributed by atoms with E-state index in [0.717, 1.165) is 22.4 Å². The second-order valence-electron chi connectivity index (χ2n) is 4.62. The third-order valence-corrected chi connectivity index (χ3v) is 3.85. The van der Waals surface area contributed by atoms with E-state index in [4.69, 9.17) is 4.74 Å². The van der Waals surface area contributed by atoms with Crippen LogP contribution < -0.4 is 10.1 Å². The Kier molecular flexibility index (Phi) is 4.76. The Balaban J connectivity index is 3.15. The average molecular weight is 271 g/mol. The molecule has 0 aromatic heterocycles. The van der Waals surface area contributed by atoms with Crippen LogP contribution in [0.5, 0.6) is 5.75 Å². The number of nitrogens with one attached hydrogen (secondary N) is 1. The summed E-state index contributed by atoms with van der Waals surface area (Å²) in [7, 11) is 0.390. The molecule has 0 aliphatic heterocycles. The number of benzene rings is 1. The number of ether oxygens (including phenoxy) is 1. The first kappa shape index (κ1) is 15.0. The van der Waals surface area contributed by atoms with Crippen LogP contribution in [0.2, 0.25) is 0 Å². The highest BCUT2D eigenvalue weighted by Crippen LogP contribution is 2.27. The van der Waals surface area contributed by atoms with Crippen molar-refractivity contribution in [3.63, 3.8) is 0 Å². The normalized spacial score (nSPS) is 13.4. The zero-order valence-corrected chi connectivity index (χ0v) is 12.4. The van der Waals surface area contributed by atoms with Crippen molar-refractivity contribution in [3.8, 4) is 5.75 Å². The van der Waals surface area contributed by atoms with Gasteiger partial charge < -0.3 is 10.1 Å². The first-order valence-electron chi connectivity index (χ1n) is 5.78. The fraction of sp³-hybridized carbons (Fsp3) is 0.538. The number of aryl methyl sites for hydroxylation is 2.